The Morgan fingerprint density at radius 1 is 1.03 bits per heavy atom. The van der Waals surface area contributed by atoms with Gasteiger partial charge in [-0.15, -0.1) is 0 Å². The minimum absolute atomic E-state index is 0.0261. The number of anilines is 1. The van der Waals surface area contributed by atoms with Gasteiger partial charge in [0, 0.05) is 30.3 Å². The van der Waals surface area contributed by atoms with Crippen molar-refractivity contribution in [1.82, 2.24) is 4.31 Å². The van der Waals surface area contributed by atoms with E-state index in [4.69, 9.17) is 4.74 Å². The molecule has 6 nitrogen and oxygen atoms in total. The highest BCUT2D eigenvalue weighted by Crippen LogP contribution is 2.40. The fraction of sp³-hybridized carbons (Fsp3) is 0.409. The van der Waals surface area contributed by atoms with E-state index in [0.717, 1.165) is 24.8 Å². The van der Waals surface area contributed by atoms with Gasteiger partial charge >= 0.3 is 0 Å². The summed E-state index contributed by atoms with van der Waals surface area (Å²) in [5.41, 5.74) is 2.07. The summed E-state index contributed by atoms with van der Waals surface area (Å²) in [6.07, 6.45) is 2.89. The first-order chi connectivity index (χ1) is 13.9. The molecule has 1 amide bonds. The second-order valence-electron chi connectivity index (χ2n) is 7.78. The van der Waals surface area contributed by atoms with E-state index in [0.29, 0.717) is 30.1 Å². The number of fused-ring (bicyclic) bond motifs is 1. The van der Waals surface area contributed by atoms with Crippen LogP contribution in [0.1, 0.15) is 54.9 Å². The van der Waals surface area contributed by atoms with Crippen LogP contribution in [0.4, 0.5) is 5.69 Å². The molecule has 29 heavy (non-hydrogen) atoms. The molecule has 2 heterocycles. The van der Waals surface area contributed by atoms with Gasteiger partial charge in [0.15, 0.2) is 0 Å². The smallest absolute Gasteiger partial charge is 0.259 e. The molecule has 4 rings (SSSR count). The lowest BCUT2D eigenvalue weighted by Gasteiger charge is -2.25. The predicted molar refractivity (Wildman–Crippen MR) is 112 cm³/mol. The highest BCUT2D eigenvalue weighted by Gasteiger charge is 2.31. The zero-order valence-corrected chi connectivity index (χ0v) is 17.5. The van der Waals surface area contributed by atoms with Gasteiger partial charge in [-0.2, -0.15) is 4.31 Å². The molecule has 0 spiro atoms. The standard InChI is InChI=1S/C22H26N2O4S/c1-15-16(2)28-21-19(15)7-6-8-20(21)22(25)23-17-9-11-18(12-10-17)29(26,27)24-13-4-3-5-14-24/h6-12,15-16H,3-5,13-14H2,1-2H3,(H,23,25)/t15-,16+/m0/s1. The topological polar surface area (TPSA) is 75.7 Å². The lowest BCUT2D eigenvalue weighted by molar-refractivity contribution is 0.102. The predicted octanol–water partition coefficient (Wildman–Crippen LogP) is 4.00. The van der Waals surface area contributed by atoms with Crippen LogP contribution in [0.2, 0.25) is 0 Å². The van der Waals surface area contributed by atoms with Gasteiger partial charge in [0.25, 0.3) is 5.91 Å². The quantitative estimate of drug-likeness (QED) is 0.821. The summed E-state index contributed by atoms with van der Waals surface area (Å²) < 4.78 is 32.9. The molecular formula is C22H26N2O4S. The Hall–Kier alpha value is -2.38. The fourth-order valence-electron chi connectivity index (χ4n) is 3.93. The van der Waals surface area contributed by atoms with Crippen molar-refractivity contribution in [1.29, 1.82) is 0 Å². The third-order valence-electron chi connectivity index (χ3n) is 5.85. The molecule has 7 heteroatoms. The van der Waals surface area contributed by atoms with E-state index in [1.54, 1.807) is 30.3 Å². The second-order valence-corrected chi connectivity index (χ2v) is 9.72. The van der Waals surface area contributed by atoms with Crippen molar-refractivity contribution < 1.29 is 17.9 Å². The molecule has 2 aliphatic rings. The maximum atomic E-state index is 12.8. The number of rotatable bonds is 4. The molecule has 0 aromatic heterocycles. The summed E-state index contributed by atoms with van der Waals surface area (Å²) in [7, 11) is -3.48. The van der Waals surface area contributed by atoms with E-state index in [9.17, 15) is 13.2 Å². The number of benzene rings is 2. The average molecular weight is 415 g/mol. The molecule has 2 aromatic rings. The summed E-state index contributed by atoms with van der Waals surface area (Å²) in [6.45, 7) is 5.21. The Morgan fingerprint density at radius 2 is 1.72 bits per heavy atom. The van der Waals surface area contributed by atoms with E-state index >= 15 is 0 Å². The maximum absolute atomic E-state index is 12.8. The van der Waals surface area contributed by atoms with Crippen LogP contribution in [0.3, 0.4) is 0 Å². The van der Waals surface area contributed by atoms with Crippen molar-refractivity contribution in [3.05, 3.63) is 53.6 Å². The fourth-order valence-corrected chi connectivity index (χ4v) is 5.44. The molecule has 2 aromatic carbocycles. The molecule has 0 bridgehead atoms. The molecular weight excluding hydrogens is 388 g/mol. The Balaban J connectivity index is 1.51. The highest BCUT2D eigenvalue weighted by atomic mass is 32.2. The number of para-hydroxylation sites is 1. The first kappa shape index (κ1) is 19.9. The first-order valence-electron chi connectivity index (χ1n) is 10.1. The Morgan fingerprint density at radius 3 is 2.41 bits per heavy atom. The summed E-state index contributed by atoms with van der Waals surface area (Å²) in [5.74, 6) is 0.598. The van der Waals surface area contributed by atoms with Crippen LogP contribution in [0.15, 0.2) is 47.4 Å². The number of ether oxygens (including phenoxy) is 1. The number of carbonyl (C=O) groups is 1. The lowest BCUT2D eigenvalue weighted by atomic mass is 9.97. The molecule has 2 aliphatic heterocycles. The van der Waals surface area contributed by atoms with Crippen LogP contribution in [-0.2, 0) is 10.0 Å². The van der Waals surface area contributed by atoms with Gasteiger partial charge in [-0.05, 0) is 50.1 Å². The van der Waals surface area contributed by atoms with Crippen LogP contribution in [0, 0.1) is 0 Å². The Bertz CT molecular complexity index is 1010. The number of hydrogen-bond acceptors (Lipinski definition) is 4. The van der Waals surface area contributed by atoms with Crippen LogP contribution in [0.5, 0.6) is 5.75 Å². The largest absolute Gasteiger partial charge is 0.489 e. The summed E-state index contributed by atoms with van der Waals surface area (Å²) >= 11 is 0. The van der Waals surface area contributed by atoms with Crippen LogP contribution in [0.25, 0.3) is 0 Å². The van der Waals surface area contributed by atoms with E-state index in [2.05, 4.69) is 12.2 Å². The molecule has 2 atom stereocenters. The Kier molecular flexibility index (Phi) is 5.36. The van der Waals surface area contributed by atoms with Crippen molar-refractivity contribution in [3.63, 3.8) is 0 Å². The molecule has 1 saturated heterocycles. The third-order valence-corrected chi connectivity index (χ3v) is 7.77. The van der Waals surface area contributed by atoms with Crippen LogP contribution >= 0.6 is 0 Å². The van der Waals surface area contributed by atoms with Crippen LogP contribution < -0.4 is 10.1 Å². The van der Waals surface area contributed by atoms with E-state index < -0.39 is 10.0 Å². The van der Waals surface area contributed by atoms with E-state index in [1.807, 2.05) is 19.1 Å². The van der Waals surface area contributed by atoms with Gasteiger partial charge in [0.2, 0.25) is 10.0 Å². The van der Waals surface area contributed by atoms with Gasteiger partial charge in [-0.1, -0.05) is 25.5 Å². The monoisotopic (exact) mass is 414 g/mol. The number of hydrogen-bond donors (Lipinski definition) is 1. The normalized spacial score (nSPS) is 22.0. The molecule has 1 N–H and O–H groups in total. The van der Waals surface area contributed by atoms with Crippen molar-refractivity contribution in [2.75, 3.05) is 18.4 Å². The molecule has 1 fully saturated rings. The number of amides is 1. The van der Waals surface area contributed by atoms with Gasteiger partial charge in [-0.3, -0.25) is 4.79 Å². The zero-order chi connectivity index (χ0) is 20.6. The number of nitrogens with zero attached hydrogens (tertiary/aromatic N) is 1. The highest BCUT2D eigenvalue weighted by molar-refractivity contribution is 7.89. The van der Waals surface area contributed by atoms with Crippen molar-refractivity contribution in [2.45, 2.75) is 50.0 Å². The summed E-state index contributed by atoms with van der Waals surface area (Å²) in [4.78, 5) is 13.1. The van der Waals surface area contributed by atoms with E-state index in [1.165, 1.54) is 4.31 Å². The third kappa shape index (κ3) is 3.76. The number of piperidine rings is 1. The minimum atomic E-state index is -3.48. The number of sulfonamides is 1. The van der Waals surface area contributed by atoms with Crippen molar-refractivity contribution in [2.24, 2.45) is 0 Å². The van der Waals surface area contributed by atoms with E-state index in [-0.39, 0.29) is 22.8 Å². The van der Waals surface area contributed by atoms with Gasteiger partial charge < -0.3 is 10.1 Å². The maximum Gasteiger partial charge on any atom is 0.259 e. The van der Waals surface area contributed by atoms with Crippen molar-refractivity contribution >= 4 is 21.6 Å². The zero-order valence-electron chi connectivity index (χ0n) is 16.7. The second kappa shape index (κ2) is 7.80. The lowest BCUT2D eigenvalue weighted by Crippen LogP contribution is -2.35. The van der Waals surface area contributed by atoms with Crippen LogP contribution in [-0.4, -0.2) is 37.8 Å². The Labute approximate surface area is 171 Å². The molecule has 154 valence electrons. The minimum Gasteiger partial charge on any atom is -0.489 e. The number of nitrogens with one attached hydrogen (secondary N) is 1. The summed E-state index contributed by atoms with van der Waals surface area (Å²) in [6, 6.07) is 12.0. The number of carbonyl (C=O) groups excluding carboxylic acids is 1. The SMILES string of the molecule is C[C@@H]1c2cccc(C(=O)Nc3ccc(S(=O)(=O)N4CCCCC4)cc3)c2O[C@@H]1C. The van der Waals surface area contributed by atoms with Gasteiger partial charge in [0.05, 0.1) is 10.5 Å². The van der Waals surface area contributed by atoms with Gasteiger partial charge in [-0.25, -0.2) is 8.42 Å². The molecule has 0 saturated carbocycles. The average Bonchev–Trinajstić information content (AvgIpc) is 3.03. The van der Waals surface area contributed by atoms with Crippen molar-refractivity contribution in [3.8, 4) is 5.75 Å². The molecule has 0 radical (unpaired) electrons. The first-order valence-corrected chi connectivity index (χ1v) is 11.5. The molecule has 0 unspecified atom stereocenters. The summed E-state index contributed by atoms with van der Waals surface area (Å²) in [5, 5.41) is 2.85. The molecule has 0 aliphatic carbocycles. The van der Waals surface area contributed by atoms with Gasteiger partial charge in [0.1, 0.15) is 11.9 Å².